The predicted octanol–water partition coefficient (Wildman–Crippen LogP) is 6.63. The molecule has 148 valence electrons. The van der Waals surface area contributed by atoms with E-state index in [0.717, 1.165) is 47.0 Å². The Morgan fingerprint density at radius 1 is 1.03 bits per heavy atom. The summed E-state index contributed by atoms with van der Waals surface area (Å²) in [6, 6.07) is 12.2. The molecule has 0 radical (unpaired) electrons. The number of nitrogens with zero attached hydrogens (tertiary/aromatic N) is 1. The van der Waals surface area contributed by atoms with Crippen LogP contribution in [0.15, 0.2) is 83.4 Å². The summed E-state index contributed by atoms with van der Waals surface area (Å²) < 4.78 is 6.29. The molecular formula is C26H21ClN2O. The van der Waals surface area contributed by atoms with Crippen LogP contribution in [0.5, 0.6) is 5.75 Å². The van der Waals surface area contributed by atoms with E-state index in [2.05, 4.69) is 53.9 Å². The van der Waals surface area contributed by atoms with Crippen LogP contribution in [-0.2, 0) is 0 Å². The summed E-state index contributed by atoms with van der Waals surface area (Å²) in [6.07, 6.45) is 16.2. The first-order valence-electron chi connectivity index (χ1n) is 10.5. The van der Waals surface area contributed by atoms with Crippen molar-refractivity contribution in [2.24, 2.45) is 4.99 Å². The van der Waals surface area contributed by atoms with Gasteiger partial charge >= 0.3 is 0 Å². The van der Waals surface area contributed by atoms with Crippen molar-refractivity contribution in [3.8, 4) is 5.75 Å². The second-order valence-electron chi connectivity index (χ2n) is 7.97. The van der Waals surface area contributed by atoms with Gasteiger partial charge < -0.3 is 10.1 Å². The number of allylic oxidation sites excluding steroid dienone is 6. The van der Waals surface area contributed by atoms with Crippen molar-refractivity contribution in [3.05, 3.63) is 100 Å². The van der Waals surface area contributed by atoms with Crippen molar-refractivity contribution >= 4 is 28.6 Å². The monoisotopic (exact) mass is 412 g/mol. The molecule has 0 bridgehead atoms. The Bertz CT molecular complexity index is 1180. The Balaban J connectivity index is 1.47. The molecule has 1 N–H and O–H groups in total. The first kappa shape index (κ1) is 17.8. The SMILES string of the molecule is Clc1ccc(C2Nc3c(ccc4c3C3=CC=CCC3N=C4C3=CCCC=C3)O2)cc1. The third-order valence-corrected chi connectivity index (χ3v) is 6.34. The third-order valence-electron chi connectivity index (χ3n) is 6.09. The molecule has 0 spiro atoms. The molecule has 4 heteroatoms. The summed E-state index contributed by atoms with van der Waals surface area (Å²) in [5.74, 6) is 0.886. The zero-order chi connectivity index (χ0) is 20.1. The number of ether oxygens (including phenoxy) is 1. The predicted molar refractivity (Wildman–Crippen MR) is 123 cm³/mol. The van der Waals surface area contributed by atoms with E-state index in [9.17, 15) is 0 Å². The van der Waals surface area contributed by atoms with Crippen LogP contribution in [0.2, 0.25) is 5.02 Å². The molecule has 2 aromatic rings. The van der Waals surface area contributed by atoms with Gasteiger partial charge in [-0.15, -0.1) is 0 Å². The molecule has 4 aliphatic rings. The Hall–Kier alpha value is -3.04. The van der Waals surface area contributed by atoms with Crippen LogP contribution in [-0.4, -0.2) is 11.8 Å². The minimum atomic E-state index is -0.224. The lowest BCUT2D eigenvalue weighted by Gasteiger charge is -2.29. The number of halogens is 1. The van der Waals surface area contributed by atoms with Gasteiger partial charge in [-0.3, -0.25) is 4.99 Å². The van der Waals surface area contributed by atoms with Gasteiger partial charge in [0.1, 0.15) is 5.75 Å². The maximum atomic E-state index is 6.29. The minimum Gasteiger partial charge on any atom is -0.464 e. The molecule has 6 rings (SSSR count). The van der Waals surface area contributed by atoms with Gasteiger partial charge in [-0.1, -0.05) is 60.2 Å². The van der Waals surface area contributed by atoms with Gasteiger partial charge in [0.15, 0.2) is 6.23 Å². The number of fused-ring (bicyclic) bond motifs is 5. The van der Waals surface area contributed by atoms with Crippen molar-refractivity contribution in [2.45, 2.75) is 31.5 Å². The van der Waals surface area contributed by atoms with E-state index in [1.807, 2.05) is 24.3 Å². The van der Waals surface area contributed by atoms with E-state index in [0.29, 0.717) is 0 Å². The first-order valence-corrected chi connectivity index (χ1v) is 10.8. The molecular weight excluding hydrogens is 392 g/mol. The molecule has 3 nitrogen and oxygen atoms in total. The number of nitrogens with one attached hydrogen (secondary N) is 1. The lowest BCUT2D eigenvalue weighted by molar-refractivity contribution is 0.260. The molecule has 0 fully saturated rings. The van der Waals surface area contributed by atoms with Crippen molar-refractivity contribution in [1.29, 1.82) is 0 Å². The van der Waals surface area contributed by atoms with Crippen LogP contribution in [0, 0.1) is 0 Å². The molecule has 0 saturated heterocycles. The first-order chi connectivity index (χ1) is 14.8. The number of benzene rings is 2. The molecule has 2 heterocycles. The van der Waals surface area contributed by atoms with Crippen LogP contribution in [0.1, 0.15) is 42.2 Å². The molecule has 30 heavy (non-hydrogen) atoms. The van der Waals surface area contributed by atoms with E-state index in [1.54, 1.807) is 0 Å². The third kappa shape index (κ3) is 2.85. The van der Waals surface area contributed by atoms with Gasteiger partial charge in [0.2, 0.25) is 0 Å². The van der Waals surface area contributed by atoms with E-state index in [-0.39, 0.29) is 12.3 Å². The van der Waals surface area contributed by atoms with Gasteiger partial charge in [0.25, 0.3) is 0 Å². The van der Waals surface area contributed by atoms with Gasteiger partial charge in [-0.05, 0) is 54.7 Å². The molecule has 0 amide bonds. The molecule has 0 saturated carbocycles. The highest BCUT2D eigenvalue weighted by Crippen LogP contribution is 2.48. The largest absolute Gasteiger partial charge is 0.464 e. The van der Waals surface area contributed by atoms with Crippen molar-refractivity contribution in [1.82, 2.24) is 0 Å². The number of hydrogen-bond acceptors (Lipinski definition) is 3. The minimum absolute atomic E-state index is 0.150. The molecule has 2 aliphatic heterocycles. The molecule has 2 aromatic carbocycles. The van der Waals surface area contributed by atoms with Gasteiger partial charge in [-0.2, -0.15) is 0 Å². The average Bonchev–Trinajstić information content (AvgIpc) is 3.24. The summed E-state index contributed by atoms with van der Waals surface area (Å²) in [6.45, 7) is 0. The number of hydrogen-bond donors (Lipinski definition) is 1. The topological polar surface area (TPSA) is 33.6 Å². The van der Waals surface area contributed by atoms with Crippen LogP contribution in [0.4, 0.5) is 5.69 Å². The summed E-state index contributed by atoms with van der Waals surface area (Å²) in [5.41, 5.74) is 8.11. The zero-order valence-corrected chi connectivity index (χ0v) is 17.2. The van der Waals surface area contributed by atoms with E-state index < -0.39 is 0 Å². The number of anilines is 1. The van der Waals surface area contributed by atoms with Crippen LogP contribution >= 0.6 is 11.6 Å². The van der Waals surface area contributed by atoms with E-state index in [4.69, 9.17) is 21.3 Å². The normalized spacial score (nSPS) is 23.3. The molecule has 2 aliphatic carbocycles. The van der Waals surface area contributed by atoms with Crippen LogP contribution in [0.3, 0.4) is 0 Å². The standard InChI is InChI=1S/C26H21ClN2O/c27-18-12-10-17(11-13-18)26-29-25-22(30-26)15-14-20-23(25)19-8-4-5-9-21(19)28-24(20)16-6-2-1-3-7-16/h2,4-8,10-15,21,26,29H,1,3,9H2. The van der Waals surface area contributed by atoms with Crippen LogP contribution in [0.25, 0.3) is 5.57 Å². The van der Waals surface area contributed by atoms with Gasteiger partial charge in [-0.25, -0.2) is 0 Å². The fourth-order valence-corrected chi connectivity index (χ4v) is 4.76. The number of aliphatic imine (C=N–C) groups is 1. The summed E-state index contributed by atoms with van der Waals surface area (Å²) in [7, 11) is 0. The summed E-state index contributed by atoms with van der Waals surface area (Å²) in [4.78, 5) is 5.18. The second kappa shape index (κ2) is 7.03. The smallest absolute Gasteiger partial charge is 0.196 e. The lowest BCUT2D eigenvalue weighted by atomic mass is 9.81. The Morgan fingerprint density at radius 2 is 1.93 bits per heavy atom. The lowest BCUT2D eigenvalue weighted by Crippen LogP contribution is -2.23. The highest BCUT2D eigenvalue weighted by molar-refractivity contribution is 6.30. The highest BCUT2D eigenvalue weighted by atomic mass is 35.5. The molecule has 2 unspecified atom stereocenters. The van der Waals surface area contributed by atoms with Gasteiger partial charge in [0.05, 0.1) is 17.4 Å². The quantitative estimate of drug-likeness (QED) is 0.600. The Labute approximate surface area is 181 Å². The Kier molecular flexibility index (Phi) is 4.17. The molecule has 2 atom stereocenters. The maximum Gasteiger partial charge on any atom is 0.196 e. The summed E-state index contributed by atoms with van der Waals surface area (Å²) >= 11 is 6.07. The van der Waals surface area contributed by atoms with Crippen molar-refractivity contribution in [2.75, 3.05) is 5.32 Å². The van der Waals surface area contributed by atoms with E-state index in [1.165, 1.54) is 22.3 Å². The van der Waals surface area contributed by atoms with E-state index >= 15 is 0 Å². The number of rotatable bonds is 2. The van der Waals surface area contributed by atoms with Gasteiger partial charge in [0, 0.05) is 21.7 Å². The second-order valence-corrected chi connectivity index (χ2v) is 8.41. The van der Waals surface area contributed by atoms with Crippen LogP contribution < -0.4 is 10.1 Å². The van der Waals surface area contributed by atoms with Crippen molar-refractivity contribution < 1.29 is 4.74 Å². The molecule has 0 aromatic heterocycles. The highest BCUT2D eigenvalue weighted by Gasteiger charge is 2.35. The Morgan fingerprint density at radius 3 is 2.77 bits per heavy atom. The van der Waals surface area contributed by atoms with Crippen molar-refractivity contribution in [3.63, 3.8) is 0 Å². The fraction of sp³-hybridized carbons (Fsp3) is 0.192. The maximum absolute atomic E-state index is 6.29. The summed E-state index contributed by atoms with van der Waals surface area (Å²) in [5, 5.41) is 4.36. The zero-order valence-electron chi connectivity index (χ0n) is 16.4. The fourth-order valence-electron chi connectivity index (χ4n) is 4.63. The average molecular weight is 413 g/mol.